The number of hydrogen-bond donors (Lipinski definition) is 1. The standard InChI is InChI=1S/C24H22N6O/c31-24(21-11-10-18-6-4-5-9-20(18)27-21)28-22-16-23(26-17-25-22)30-14-12-29(13-15-30)19-7-2-1-3-8-19/h1-11,16-17H,12-15H2,(H,25,26,28,31). The van der Waals surface area contributed by atoms with E-state index in [1.807, 2.05) is 42.5 Å². The van der Waals surface area contributed by atoms with Gasteiger partial charge in [0.05, 0.1) is 5.52 Å². The van der Waals surface area contributed by atoms with Gasteiger partial charge < -0.3 is 15.1 Å². The van der Waals surface area contributed by atoms with Gasteiger partial charge in [-0.25, -0.2) is 15.0 Å². The largest absolute Gasteiger partial charge is 0.368 e. The Kier molecular flexibility index (Phi) is 5.14. The van der Waals surface area contributed by atoms with Crippen molar-refractivity contribution in [2.75, 3.05) is 41.3 Å². The average molecular weight is 410 g/mol. The van der Waals surface area contributed by atoms with Crippen LogP contribution in [0, 0.1) is 0 Å². The number of carbonyl (C=O) groups is 1. The summed E-state index contributed by atoms with van der Waals surface area (Å²) >= 11 is 0. The van der Waals surface area contributed by atoms with Crippen molar-refractivity contribution in [2.45, 2.75) is 0 Å². The van der Waals surface area contributed by atoms with Gasteiger partial charge in [-0.2, -0.15) is 0 Å². The molecule has 0 atom stereocenters. The second-order valence-corrected chi connectivity index (χ2v) is 7.41. The number of nitrogens with one attached hydrogen (secondary N) is 1. The first kappa shape index (κ1) is 19.0. The number of fused-ring (bicyclic) bond motifs is 1. The fraction of sp³-hybridized carbons (Fsp3) is 0.167. The van der Waals surface area contributed by atoms with E-state index in [1.165, 1.54) is 12.0 Å². The molecule has 2 aromatic carbocycles. The SMILES string of the molecule is O=C(Nc1cc(N2CCN(c3ccccc3)CC2)ncn1)c1ccc2ccccc2n1. The Morgan fingerprint density at radius 3 is 2.39 bits per heavy atom. The molecule has 1 N–H and O–H groups in total. The zero-order chi connectivity index (χ0) is 21.0. The summed E-state index contributed by atoms with van der Waals surface area (Å²) in [4.78, 5) is 30.3. The van der Waals surface area contributed by atoms with Crippen LogP contribution in [0.15, 0.2) is 79.1 Å². The fourth-order valence-electron chi connectivity index (χ4n) is 3.79. The second-order valence-electron chi connectivity index (χ2n) is 7.41. The molecule has 3 heterocycles. The van der Waals surface area contributed by atoms with Crippen LogP contribution in [0.3, 0.4) is 0 Å². The fourth-order valence-corrected chi connectivity index (χ4v) is 3.79. The third-order valence-electron chi connectivity index (χ3n) is 5.45. The summed E-state index contributed by atoms with van der Waals surface area (Å²) in [6.45, 7) is 3.53. The first-order valence-corrected chi connectivity index (χ1v) is 10.3. The zero-order valence-electron chi connectivity index (χ0n) is 17.0. The van der Waals surface area contributed by atoms with Crippen molar-refractivity contribution in [2.24, 2.45) is 0 Å². The first-order chi connectivity index (χ1) is 15.3. The maximum Gasteiger partial charge on any atom is 0.275 e. The molecule has 5 rings (SSSR count). The molecule has 7 nitrogen and oxygen atoms in total. The number of aromatic nitrogens is 3. The summed E-state index contributed by atoms with van der Waals surface area (Å²) in [7, 11) is 0. The van der Waals surface area contributed by atoms with E-state index in [0.717, 1.165) is 42.9 Å². The van der Waals surface area contributed by atoms with Gasteiger partial charge in [0.2, 0.25) is 0 Å². The van der Waals surface area contributed by atoms with Crippen molar-refractivity contribution in [3.05, 3.63) is 84.8 Å². The number of benzene rings is 2. The predicted molar refractivity (Wildman–Crippen MR) is 123 cm³/mol. The number of amides is 1. The van der Waals surface area contributed by atoms with Gasteiger partial charge in [0.15, 0.2) is 0 Å². The molecule has 1 fully saturated rings. The molecule has 31 heavy (non-hydrogen) atoms. The molecule has 0 spiro atoms. The predicted octanol–water partition coefficient (Wildman–Crippen LogP) is 3.60. The number of nitrogens with zero attached hydrogens (tertiary/aromatic N) is 5. The lowest BCUT2D eigenvalue weighted by atomic mass is 10.2. The Bertz CT molecular complexity index is 1200. The monoisotopic (exact) mass is 410 g/mol. The molecule has 0 unspecified atom stereocenters. The van der Waals surface area contributed by atoms with E-state index in [4.69, 9.17) is 0 Å². The molecule has 2 aromatic heterocycles. The van der Waals surface area contributed by atoms with Crippen LogP contribution in [0.25, 0.3) is 10.9 Å². The zero-order valence-corrected chi connectivity index (χ0v) is 17.0. The number of para-hydroxylation sites is 2. The van der Waals surface area contributed by atoms with E-state index < -0.39 is 0 Å². The molecule has 1 aliphatic rings. The molecular weight excluding hydrogens is 388 g/mol. The molecule has 1 saturated heterocycles. The highest BCUT2D eigenvalue weighted by Gasteiger charge is 2.19. The summed E-state index contributed by atoms with van der Waals surface area (Å²) in [5.74, 6) is 0.990. The number of carbonyl (C=O) groups excluding carboxylic acids is 1. The minimum absolute atomic E-state index is 0.288. The molecule has 0 radical (unpaired) electrons. The van der Waals surface area contributed by atoms with Crippen LogP contribution in [0.1, 0.15) is 10.5 Å². The Labute approximate surface area is 180 Å². The van der Waals surface area contributed by atoms with E-state index in [1.54, 1.807) is 6.07 Å². The highest BCUT2D eigenvalue weighted by atomic mass is 16.1. The quantitative estimate of drug-likeness (QED) is 0.554. The number of rotatable bonds is 4. The number of anilines is 3. The molecule has 4 aromatic rings. The first-order valence-electron chi connectivity index (χ1n) is 10.3. The van der Waals surface area contributed by atoms with Crippen LogP contribution >= 0.6 is 0 Å². The third kappa shape index (κ3) is 4.16. The van der Waals surface area contributed by atoms with Crippen LogP contribution < -0.4 is 15.1 Å². The van der Waals surface area contributed by atoms with Crippen LogP contribution in [-0.4, -0.2) is 47.0 Å². The molecular formula is C24H22N6O. The van der Waals surface area contributed by atoms with Gasteiger partial charge in [-0.3, -0.25) is 4.79 Å². The molecule has 7 heteroatoms. The van der Waals surface area contributed by atoms with Crippen molar-refractivity contribution in [3.8, 4) is 0 Å². The lowest BCUT2D eigenvalue weighted by Crippen LogP contribution is -2.46. The van der Waals surface area contributed by atoms with Crippen LogP contribution in [-0.2, 0) is 0 Å². The highest BCUT2D eigenvalue weighted by Crippen LogP contribution is 2.20. The maximum absolute atomic E-state index is 12.7. The van der Waals surface area contributed by atoms with Gasteiger partial charge in [0.25, 0.3) is 5.91 Å². The average Bonchev–Trinajstić information content (AvgIpc) is 2.84. The molecule has 0 saturated carbocycles. The summed E-state index contributed by atoms with van der Waals surface area (Å²) < 4.78 is 0. The van der Waals surface area contributed by atoms with E-state index in [-0.39, 0.29) is 5.91 Å². The van der Waals surface area contributed by atoms with Gasteiger partial charge >= 0.3 is 0 Å². The van der Waals surface area contributed by atoms with E-state index >= 15 is 0 Å². The Morgan fingerprint density at radius 1 is 0.806 bits per heavy atom. The second kappa shape index (κ2) is 8.39. The van der Waals surface area contributed by atoms with Crippen LogP contribution in [0.4, 0.5) is 17.3 Å². The van der Waals surface area contributed by atoms with Gasteiger partial charge in [0, 0.05) is 43.3 Å². The number of piperazine rings is 1. The molecule has 0 aliphatic carbocycles. The summed E-state index contributed by atoms with van der Waals surface area (Å²) in [6, 6.07) is 23.6. The molecule has 0 bridgehead atoms. The van der Waals surface area contributed by atoms with E-state index in [0.29, 0.717) is 11.5 Å². The lowest BCUT2D eigenvalue weighted by Gasteiger charge is -2.36. The molecule has 1 aliphatic heterocycles. The van der Waals surface area contributed by atoms with Gasteiger partial charge in [-0.15, -0.1) is 0 Å². The van der Waals surface area contributed by atoms with Crippen molar-refractivity contribution in [1.82, 2.24) is 15.0 Å². The number of pyridine rings is 1. The maximum atomic E-state index is 12.7. The molecule has 1 amide bonds. The minimum atomic E-state index is -0.288. The normalized spacial score (nSPS) is 13.9. The Balaban J connectivity index is 1.26. The van der Waals surface area contributed by atoms with Gasteiger partial charge in [-0.05, 0) is 24.3 Å². The van der Waals surface area contributed by atoms with Crippen molar-refractivity contribution in [1.29, 1.82) is 0 Å². The van der Waals surface area contributed by atoms with Gasteiger partial charge in [-0.1, -0.05) is 42.5 Å². The van der Waals surface area contributed by atoms with E-state index in [2.05, 4.69) is 54.3 Å². The van der Waals surface area contributed by atoms with Crippen LogP contribution in [0.2, 0.25) is 0 Å². The van der Waals surface area contributed by atoms with Crippen molar-refractivity contribution >= 4 is 34.1 Å². The van der Waals surface area contributed by atoms with Crippen molar-refractivity contribution < 1.29 is 4.79 Å². The minimum Gasteiger partial charge on any atom is -0.368 e. The van der Waals surface area contributed by atoms with E-state index in [9.17, 15) is 4.79 Å². The number of hydrogen-bond acceptors (Lipinski definition) is 6. The summed E-state index contributed by atoms with van der Waals surface area (Å²) in [5.41, 5.74) is 2.38. The smallest absolute Gasteiger partial charge is 0.275 e. The summed E-state index contributed by atoms with van der Waals surface area (Å²) in [6.07, 6.45) is 1.49. The van der Waals surface area contributed by atoms with Gasteiger partial charge in [0.1, 0.15) is 23.7 Å². The Hall–Kier alpha value is -4.00. The molecule has 154 valence electrons. The highest BCUT2D eigenvalue weighted by molar-refractivity contribution is 6.03. The van der Waals surface area contributed by atoms with Crippen LogP contribution in [0.5, 0.6) is 0 Å². The lowest BCUT2D eigenvalue weighted by molar-refractivity contribution is 0.102. The topological polar surface area (TPSA) is 74.2 Å². The van der Waals surface area contributed by atoms with Crippen molar-refractivity contribution in [3.63, 3.8) is 0 Å². The third-order valence-corrected chi connectivity index (χ3v) is 5.45. The summed E-state index contributed by atoms with van der Waals surface area (Å²) in [5, 5.41) is 3.85. The Morgan fingerprint density at radius 2 is 1.55 bits per heavy atom.